The van der Waals surface area contributed by atoms with Gasteiger partial charge in [-0.2, -0.15) is 0 Å². The monoisotopic (exact) mass is 478 g/mol. The maximum atomic E-state index is 12.1. The molecular formula is C19H16BrClN4O2S. The molecule has 0 aliphatic carbocycles. The van der Waals surface area contributed by atoms with E-state index in [2.05, 4.69) is 31.5 Å². The number of benzene rings is 2. The summed E-state index contributed by atoms with van der Waals surface area (Å²) in [4.78, 5) is 28.3. The number of carbonyl (C=O) groups excluding carboxylic acids is 2. The lowest BCUT2D eigenvalue weighted by molar-refractivity contribution is -0.122. The van der Waals surface area contributed by atoms with Crippen LogP contribution in [-0.2, 0) is 9.59 Å². The van der Waals surface area contributed by atoms with Crippen LogP contribution in [0.1, 0.15) is 0 Å². The molecule has 0 bridgehead atoms. The Hall–Kier alpha value is -2.29. The molecule has 0 saturated carbocycles. The highest BCUT2D eigenvalue weighted by molar-refractivity contribution is 9.10. The number of halogens is 2. The first-order valence-corrected chi connectivity index (χ1v) is 10.4. The van der Waals surface area contributed by atoms with Crippen molar-refractivity contribution in [2.45, 2.75) is 5.16 Å². The number of thioether (sulfide) groups is 1. The molecule has 3 rings (SSSR count). The zero-order valence-electron chi connectivity index (χ0n) is 14.6. The Bertz CT molecular complexity index is 995. The molecule has 0 aliphatic rings. The molecule has 0 aliphatic heterocycles. The third kappa shape index (κ3) is 5.60. The van der Waals surface area contributed by atoms with Crippen molar-refractivity contribution in [3.63, 3.8) is 0 Å². The van der Waals surface area contributed by atoms with Gasteiger partial charge in [-0.3, -0.25) is 14.2 Å². The number of nitrogens with zero attached hydrogens (tertiary/aromatic N) is 2. The number of rotatable bonds is 7. The van der Waals surface area contributed by atoms with Gasteiger partial charge in [-0.1, -0.05) is 41.6 Å². The van der Waals surface area contributed by atoms with Crippen LogP contribution in [0.4, 0.5) is 5.69 Å². The molecule has 2 amide bonds. The van der Waals surface area contributed by atoms with E-state index in [1.54, 1.807) is 24.5 Å². The molecule has 2 aromatic carbocycles. The number of hydrogen-bond acceptors (Lipinski definition) is 4. The van der Waals surface area contributed by atoms with Crippen LogP contribution in [0.5, 0.6) is 0 Å². The molecule has 1 aromatic heterocycles. The van der Waals surface area contributed by atoms with Gasteiger partial charge in [0.2, 0.25) is 11.8 Å². The molecule has 0 radical (unpaired) electrons. The highest BCUT2D eigenvalue weighted by Gasteiger charge is 2.11. The molecule has 6 nitrogen and oxygen atoms in total. The van der Waals surface area contributed by atoms with E-state index in [4.69, 9.17) is 11.6 Å². The average Bonchev–Trinajstić information content (AvgIpc) is 3.15. The van der Waals surface area contributed by atoms with E-state index in [1.165, 1.54) is 11.8 Å². The minimum absolute atomic E-state index is 0.108. The van der Waals surface area contributed by atoms with Gasteiger partial charge in [0.1, 0.15) is 0 Å². The molecule has 0 saturated heterocycles. The molecule has 2 N–H and O–H groups in total. The first kappa shape index (κ1) is 20.4. The highest BCUT2D eigenvalue weighted by Crippen LogP contribution is 2.22. The van der Waals surface area contributed by atoms with Crippen molar-refractivity contribution < 1.29 is 9.59 Å². The Kier molecular flexibility index (Phi) is 7.13. The number of aromatic nitrogens is 2. The zero-order chi connectivity index (χ0) is 19.9. The standard InChI is InChI=1S/C19H16BrClN4O2S/c20-15-6-1-2-7-16(15)24-17(26)11-23-18(27)12-28-19-22-8-9-25(19)14-5-3-4-13(21)10-14/h1-10H,11-12H2,(H,23,27)(H,24,26). The Morgan fingerprint density at radius 3 is 2.75 bits per heavy atom. The van der Waals surface area contributed by atoms with E-state index in [-0.39, 0.29) is 24.1 Å². The van der Waals surface area contributed by atoms with Gasteiger partial charge in [0.05, 0.1) is 18.0 Å². The van der Waals surface area contributed by atoms with Crippen LogP contribution in [-0.4, -0.2) is 33.7 Å². The summed E-state index contributed by atoms with van der Waals surface area (Å²) in [7, 11) is 0. The number of anilines is 1. The van der Waals surface area contributed by atoms with E-state index in [9.17, 15) is 9.59 Å². The molecule has 1 heterocycles. The van der Waals surface area contributed by atoms with Crippen LogP contribution in [0.3, 0.4) is 0 Å². The van der Waals surface area contributed by atoms with Crippen molar-refractivity contribution in [3.8, 4) is 5.69 Å². The first-order valence-electron chi connectivity index (χ1n) is 8.26. The molecule has 144 valence electrons. The lowest BCUT2D eigenvalue weighted by Gasteiger charge is -2.09. The van der Waals surface area contributed by atoms with Crippen LogP contribution in [0.2, 0.25) is 5.02 Å². The Morgan fingerprint density at radius 2 is 1.96 bits per heavy atom. The second-order valence-electron chi connectivity index (χ2n) is 5.65. The summed E-state index contributed by atoms with van der Waals surface area (Å²) in [5.74, 6) is -0.418. The molecule has 9 heteroatoms. The lowest BCUT2D eigenvalue weighted by atomic mass is 10.3. The van der Waals surface area contributed by atoms with Crippen LogP contribution in [0.25, 0.3) is 5.69 Å². The summed E-state index contributed by atoms with van der Waals surface area (Å²) in [5, 5.41) is 6.63. The van der Waals surface area contributed by atoms with Gasteiger partial charge in [0.25, 0.3) is 0 Å². The summed E-state index contributed by atoms with van der Waals surface area (Å²) >= 11 is 10.7. The van der Waals surface area contributed by atoms with Gasteiger partial charge in [-0.25, -0.2) is 4.98 Å². The van der Waals surface area contributed by atoms with E-state index in [0.29, 0.717) is 15.9 Å². The number of nitrogens with one attached hydrogen (secondary N) is 2. The van der Waals surface area contributed by atoms with Gasteiger partial charge < -0.3 is 10.6 Å². The van der Waals surface area contributed by atoms with Crippen LogP contribution < -0.4 is 10.6 Å². The van der Waals surface area contributed by atoms with Gasteiger partial charge in [-0.15, -0.1) is 0 Å². The first-order chi connectivity index (χ1) is 13.5. The third-order valence-electron chi connectivity index (χ3n) is 3.62. The van der Waals surface area contributed by atoms with E-state index >= 15 is 0 Å². The quantitative estimate of drug-likeness (QED) is 0.500. The second-order valence-corrected chi connectivity index (χ2v) is 7.89. The molecule has 0 atom stereocenters. The highest BCUT2D eigenvalue weighted by atomic mass is 79.9. The smallest absolute Gasteiger partial charge is 0.243 e. The van der Waals surface area contributed by atoms with E-state index < -0.39 is 0 Å². The molecular weight excluding hydrogens is 464 g/mol. The van der Waals surface area contributed by atoms with Crippen molar-refractivity contribution in [3.05, 3.63) is 70.4 Å². The molecule has 28 heavy (non-hydrogen) atoms. The van der Waals surface area contributed by atoms with E-state index in [1.807, 2.05) is 41.0 Å². The molecule has 3 aromatic rings. The maximum Gasteiger partial charge on any atom is 0.243 e. The predicted molar refractivity (Wildman–Crippen MR) is 115 cm³/mol. The summed E-state index contributed by atoms with van der Waals surface area (Å²) in [5.41, 5.74) is 1.51. The molecule has 0 spiro atoms. The minimum Gasteiger partial charge on any atom is -0.346 e. The fraction of sp³-hybridized carbons (Fsp3) is 0.105. The van der Waals surface area contributed by atoms with Crippen LogP contribution in [0.15, 0.2) is 70.6 Å². The van der Waals surface area contributed by atoms with Gasteiger partial charge >= 0.3 is 0 Å². The number of carbonyl (C=O) groups is 2. The van der Waals surface area contributed by atoms with Gasteiger partial charge in [-0.05, 0) is 46.3 Å². The van der Waals surface area contributed by atoms with Crippen molar-refractivity contribution in [2.24, 2.45) is 0 Å². The summed E-state index contributed by atoms with van der Waals surface area (Å²) in [6.45, 7) is -0.108. The van der Waals surface area contributed by atoms with Crippen molar-refractivity contribution in [1.29, 1.82) is 0 Å². The molecule has 0 fully saturated rings. The molecule has 0 unspecified atom stereocenters. The SMILES string of the molecule is O=C(CSc1nccn1-c1cccc(Cl)c1)NCC(=O)Nc1ccccc1Br. The van der Waals surface area contributed by atoms with Crippen LogP contribution >= 0.6 is 39.3 Å². The van der Waals surface area contributed by atoms with E-state index in [0.717, 1.165) is 10.2 Å². The minimum atomic E-state index is -0.300. The third-order valence-corrected chi connectivity index (χ3v) is 5.51. The van der Waals surface area contributed by atoms with Crippen molar-refractivity contribution in [2.75, 3.05) is 17.6 Å². The lowest BCUT2D eigenvalue weighted by Crippen LogP contribution is -2.34. The van der Waals surface area contributed by atoms with Gasteiger partial charge in [0.15, 0.2) is 5.16 Å². The summed E-state index contributed by atoms with van der Waals surface area (Å²) in [6, 6.07) is 14.6. The topological polar surface area (TPSA) is 76.0 Å². The van der Waals surface area contributed by atoms with Crippen molar-refractivity contribution >= 4 is 56.8 Å². The Balaban J connectivity index is 1.50. The summed E-state index contributed by atoms with van der Waals surface area (Å²) < 4.78 is 2.63. The number of amides is 2. The fourth-order valence-electron chi connectivity index (χ4n) is 2.34. The Morgan fingerprint density at radius 1 is 1.14 bits per heavy atom. The Labute approximate surface area is 179 Å². The second kappa shape index (κ2) is 9.77. The maximum absolute atomic E-state index is 12.1. The zero-order valence-corrected chi connectivity index (χ0v) is 17.7. The normalized spacial score (nSPS) is 10.5. The van der Waals surface area contributed by atoms with Crippen molar-refractivity contribution in [1.82, 2.24) is 14.9 Å². The number of imidazole rings is 1. The fourth-order valence-corrected chi connectivity index (χ4v) is 3.71. The number of para-hydroxylation sites is 1. The average molecular weight is 480 g/mol. The predicted octanol–water partition coefficient (Wildman–Crippen LogP) is 4.14. The largest absolute Gasteiger partial charge is 0.346 e. The number of hydrogen-bond donors (Lipinski definition) is 2. The summed E-state index contributed by atoms with van der Waals surface area (Å²) in [6.07, 6.45) is 3.46. The van der Waals surface area contributed by atoms with Gasteiger partial charge in [0, 0.05) is 27.6 Å². The van der Waals surface area contributed by atoms with Crippen LogP contribution in [0, 0.1) is 0 Å².